The molecular weight excluding hydrogens is 823 g/mol. The Labute approximate surface area is 347 Å². The lowest BCUT2D eigenvalue weighted by molar-refractivity contribution is -0.147. The number of anilines is 3. The highest BCUT2D eigenvalue weighted by Crippen LogP contribution is 2.37. The van der Waals surface area contributed by atoms with Crippen molar-refractivity contribution in [2.45, 2.75) is 57.3 Å². The number of fused-ring (bicyclic) bond motifs is 7. The van der Waals surface area contributed by atoms with Crippen LogP contribution in [0.3, 0.4) is 0 Å². The molecule has 0 spiro atoms. The molecule has 1 N–H and O–H groups in total. The molecule has 16 nitrogen and oxygen atoms in total. The molecule has 3 atom stereocenters. The Kier molecular flexibility index (Phi) is 9.30. The third-order valence-electron chi connectivity index (χ3n) is 11.6. The van der Waals surface area contributed by atoms with E-state index in [4.69, 9.17) is 19.7 Å². The summed E-state index contributed by atoms with van der Waals surface area (Å²) in [4.78, 5) is 39.1. The van der Waals surface area contributed by atoms with Crippen LogP contribution in [-0.2, 0) is 35.3 Å². The lowest BCUT2D eigenvalue weighted by atomic mass is 10.1. The van der Waals surface area contributed by atoms with Gasteiger partial charge in [-0.15, -0.1) is 10.2 Å². The molecule has 8 heterocycles. The Morgan fingerprint density at radius 2 is 1.74 bits per heavy atom. The van der Waals surface area contributed by atoms with Gasteiger partial charge < -0.3 is 33.9 Å². The molecule has 7 aromatic rings. The van der Waals surface area contributed by atoms with Gasteiger partial charge in [-0.25, -0.2) is 27.8 Å². The number of amides is 1. The van der Waals surface area contributed by atoms with E-state index in [0.29, 0.717) is 45.4 Å². The third-order valence-corrected chi connectivity index (χ3v) is 11.6. The second kappa shape index (κ2) is 14.7. The first kappa shape index (κ1) is 39.3. The third kappa shape index (κ3) is 6.68. The van der Waals surface area contributed by atoms with Crippen LogP contribution in [0.4, 0.5) is 43.9 Å². The molecule has 2 aromatic carbocycles. The second-order valence-electron chi connectivity index (χ2n) is 15.6. The zero-order chi connectivity index (χ0) is 43.2. The fraction of sp³-hybridized carbons (Fsp3) is 0.350. The SMILES string of the molecule is CO[C@H]1CN(C)C(=O)[C@@H]2C[C@@H](CN2c2nc(N3CCn4c(nnc4C(F)(F)F)C3)nc3c2cnn3-c2ccc(F)cc2F)Nc2cccc(n2)-c2cc(F)cc3nc(C)n(c23)C1. The van der Waals surface area contributed by atoms with Gasteiger partial charge in [0.25, 0.3) is 0 Å². The zero-order valence-electron chi connectivity index (χ0n) is 33.3. The molecule has 1 amide bonds. The smallest absolute Gasteiger partial charge is 0.378 e. The molecule has 1 saturated heterocycles. The van der Waals surface area contributed by atoms with E-state index in [2.05, 4.69) is 25.6 Å². The van der Waals surface area contributed by atoms with Gasteiger partial charge in [0.15, 0.2) is 17.3 Å². The fourth-order valence-corrected chi connectivity index (χ4v) is 8.72. The van der Waals surface area contributed by atoms with E-state index in [9.17, 15) is 22.4 Å². The van der Waals surface area contributed by atoms with E-state index in [1.165, 1.54) is 29.1 Å². The summed E-state index contributed by atoms with van der Waals surface area (Å²) >= 11 is 0. The van der Waals surface area contributed by atoms with Gasteiger partial charge >= 0.3 is 6.18 Å². The number of pyridine rings is 1. The van der Waals surface area contributed by atoms with Crippen LogP contribution in [0.1, 0.15) is 23.9 Å². The molecule has 22 heteroatoms. The number of hydrogen-bond donors (Lipinski definition) is 1. The first-order valence-corrected chi connectivity index (χ1v) is 19.6. The number of nitrogens with zero attached hydrogens (tertiary/aromatic N) is 13. The number of nitrogens with one attached hydrogen (secondary N) is 1. The molecule has 3 aliphatic heterocycles. The number of methoxy groups -OCH3 is 1. The van der Waals surface area contributed by atoms with E-state index in [-0.39, 0.29) is 80.5 Å². The molecule has 10 rings (SSSR count). The first-order chi connectivity index (χ1) is 29.7. The molecule has 0 unspecified atom stereocenters. The summed E-state index contributed by atoms with van der Waals surface area (Å²) in [6.45, 7) is 2.15. The number of imidazole rings is 1. The highest BCUT2D eigenvalue weighted by atomic mass is 19.4. The quantitative estimate of drug-likeness (QED) is 0.234. The molecule has 0 saturated carbocycles. The van der Waals surface area contributed by atoms with Gasteiger partial charge in [0.05, 0.1) is 47.5 Å². The topological polar surface area (TPSA) is 153 Å². The minimum atomic E-state index is -4.72. The van der Waals surface area contributed by atoms with Crippen molar-refractivity contribution in [1.29, 1.82) is 0 Å². The molecule has 3 aliphatic rings. The summed E-state index contributed by atoms with van der Waals surface area (Å²) in [7, 11) is 3.22. The first-order valence-electron chi connectivity index (χ1n) is 19.6. The van der Waals surface area contributed by atoms with Crippen LogP contribution in [0, 0.1) is 24.4 Å². The van der Waals surface area contributed by atoms with Gasteiger partial charge in [-0.05, 0) is 43.7 Å². The summed E-state index contributed by atoms with van der Waals surface area (Å²) in [5.74, 6) is -2.22. The van der Waals surface area contributed by atoms with Gasteiger partial charge in [-0.3, -0.25) is 4.79 Å². The van der Waals surface area contributed by atoms with E-state index in [0.717, 1.165) is 10.6 Å². The largest absolute Gasteiger partial charge is 0.451 e. The van der Waals surface area contributed by atoms with Crippen LogP contribution in [0.25, 0.3) is 39.0 Å². The van der Waals surface area contributed by atoms with Crippen molar-refractivity contribution >= 4 is 45.6 Å². The molecule has 320 valence electrons. The van der Waals surface area contributed by atoms with Crippen molar-refractivity contribution in [2.24, 2.45) is 0 Å². The monoisotopic (exact) mass is 858 g/mol. The van der Waals surface area contributed by atoms with Gasteiger partial charge in [0.2, 0.25) is 17.7 Å². The van der Waals surface area contributed by atoms with E-state index in [1.807, 2.05) is 11.5 Å². The zero-order valence-corrected chi connectivity index (χ0v) is 33.3. The maximum absolute atomic E-state index is 15.4. The fourth-order valence-electron chi connectivity index (χ4n) is 8.72. The number of benzene rings is 2. The lowest BCUT2D eigenvalue weighted by Gasteiger charge is -2.32. The van der Waals surface area contributed by atoms with Crippen LogP contribution in [0.5, 0.6) is 0 Å². The Morgan fingerprint density at radius 1 is 0.903 bits per heavy atom. The number of ether oxygens (including phenoxy) is 1. The number of likely N-dealkylation sites (N-methyl/N-ethyl adjacent to an activating group) is 1. The van der Waals surface area contributed by atoms with Crippen molar-refractivity contribution in [1.82, 2.24) is 53.9 Å². The summed E-state index contributed by atoms with van der Waals surface area (Å²) in [5.41, 5.74) is 2.12. The summed E-state index contributed by atoms with van der Waals surface area (Å²) in [6.07, 6.45) is -3.57. The number of alkyl halides is 3. The Morgan fingerprint density at radius 3 is 2.53 bits per heavy atom. The normalized spacial score (nSPS) is 19.5. The number of carbonyl (C=O) groups excluding carboxylic acids is 1. The van der Waals surface area contributed by atoms with Gasteiger partial charge in [-0.1, -0.05) is 6.07 Å². The predicted molar refractivity (Wildman–Crippen MR) is 212 cm³/mol. The maximum atomic E-state index is 15.4. The summed E-state index contributed by atoms with van der Waals surface area (Å²) in [6, 6.07) is 9.88. The molecule has 62 heavy (non-hydrogen) atoms. The Balaban J connectivity index is 1.10. The average molecular weight is 859 g/mol. The van der Waals surface area contributed by atoms with E-state index >= 15 is 8.78 Å². The molecule has 0 radical (unpaired) electrons. The molecule has 5 aromatic heterocycles. The van der Waals surface area contributed by atoms with E-state index in [1.54, 1.807) is 47.1 Å². The highest BCUT2D eigenvalue weighted by molar-refractivity contribution is 5.94. The minimum Gasteiger partial charge on any atom is -0.378 e. The van der Waals surface area contributed by atoms with Crippen molar-refractivity contribution in [3.05, 3.63) is 89.7 Å². The van der Waals surface area contributed by atoms with Gasteiger partial charge in [0, 0.05) is 64.1 Å². The van der Waals surface area contributed by atoms with E-state index < -0.39 is 47.6 Å². The number of halogens is 6. The summed E-state index contributed by atoms with van der Waals surface area (Å²) in [5, 5.41) is 15.4. The molecule has 4 bridgehead atoms. The predicted octanol–water partition coefficient (Wildman–Crippen LogP) is 5.13. The van der Waals surface area contributed by atoms with Gasteiger partial charge in [0.1, 0.15) is 40.8 Å². The summed E-state index contributed by atoms with van der Waals surface area (Å²) < 4.78 is 96.0. The van der Waals surface area contributed by atoms with Gasteiger partial charge in [-0.2, -0.15) is 28.2 Å². The van der Waals surface area contributed by atoms with Crippen LogP contribution in [0.2, 0.25) is 0 Å². The Bertz CT molecular complexity index is 2910. The van der Waals surface area contributed by atoms with Crippen LogP contribution in [-0.4, -0.2) is 112 Å². The van der Waals surface area contributed by atoms with Crippen LogP contribution < -0.4 is 15.1 Å². The van der Waals surface area contributed by atoms with Crippen LogP contribution in [0.15, 0.2) is 54.7 Å². The number of hydrogen-bond acceptors (Lipinski definition) is 12. The Hall–Kier alpha value is -6.84. The minimum absolute atomic E-state index is 0.0174. The number of aromatic nitrogens is 10. The second-order valence-corrected chi connectivity index (χ2v) is 15.6. The average Bonchev–Trinajstić information content (AvgIpc) is 4.03. The molecular formula is C40H36F6N14O2. The van der Waals surface area contributed by atoms with Crippen LogP contribution >= 0.6 is 0 Å². The molecule has 0 aliphatic carbocycles. The lowest BCUT2D eigenvalue weighted by Crippen LogP contribution is -2.47. The number of rotatable bonds is 4. The van der Waals surface area contributed by atoms with Crippen molar-refractivity contribution < 1.29 is 35.9 Å². The van der Waals surface area contributed by atoms with Crippen molar-refractivity contribution in [2.75, 3.05) is 48.9 Å². The number of carbonyl (C=O) groups is 1. The highest BCUT2D eigenvalue weighted by Gasteiger charge is 2.43. The maximum Gasteiger partial charge on any atom is 0.451 e. The standard InChI is InChI=1S/C40H36F6N14O2/c1-20-48-29-13-22(42)11-25-28-5-4-6-32(50-28)49-23-14-31(37(61)55(2)17-24(62-3)18-58(20)34(25)29)59(16-23)35-26-15-47-60(30-8-7-21(41)12-27(30)43)36(26)52-39(51-35)56-9-10-57-33(19-56)53-54-38(57)40(44,45)46/h4-8,11-13,15,23-24,31H,9-10,14,16-19H2,1-3H3,(H,49,50)/t23-,24-,31-/m0/s1. The molecule has 1 fully saturated rings. The van der Waals surface area contributed by atoms with Crippen molar-refractivity contribution in [3.63, 3.8) is 0 Å². The van der Waals surface area contributed by atoms with Crippen molar-refractivity contribution in [3.8, 4) is 16.9 Å². The number of aryl methyl sites for hydroxylation is 1.